The van der Waals surface area contributed by atoms with Crippen LogP contribution < -0.4 is 5.73 Å². The molecule has 0 aliphatic rings. The van der Waals surface area contributed by atoms with Crippen LogP contribution in [0, 0.1) is 0 Å². The molecule has 0 saturated heterocycles. The van der Waals surface area contributed by atoms with Crippen molar-refractivity contribution in [3.8, 4) is 22.5 Å². The predicted octanol–water partition coefficient (Wildman–Crippen LogP) is 3.34. The molecule has 6 heteroatoms. The summed E-state index contributed by atoms with van der Waals surface area (Å²) in [5.74, 6) is 0. The zero-order chi connectivity index (χ0) is 15.1. The first kappa shape index (κ1) is 13.0. The van der Waals surface area contributed by atoms with Gasteiger partial charge in [0.2, 0.25) is 0 Å². The molecule has 5 nitrogen and oxygen atoms in total. The summed E-state index contributed by atoms with van der Waals surface area (Å²) >= 11 is 1.30. The molecule has 0 saturated carbocycles. The topological polar surface area (TPSA) is 69.6 Å². The second kappa shape index (κ2) is 4.92. The van der Waals surface area contributed by atoms with Gasteiger partial charge in [0.15, 0.2) is 0 Å². The molecule has 2 N–H and O–H groups in total. The summed E-state index contributed by atoms with van der Waals surface area (Å²) in [5, 5.41) is 6.16. The van der Waals surface area contributed by atoms with Gasteiger partial charge in [-0.3, -0.25) is 9.67 Å². The minimum atomic E-state index is 0.681. The lowest BCUT2D eigenvalue weighted by molar-refractivity contribution is 0.780. The molecule has 0 fully saturated rings. The van der Waals surface area contributed by atoms with E-state index in [9.17, 15) is 0 Å². The Morgan fingerprint density at radius 2 is 2.09 bits per heavy atom. The molecule has 108 valence electrons. The number of hydrogen-bond acceptors (Lipinski definition) is 5. The smallest absolute Gasteiger partial charge is 0.116 e. The summed E-state index contributed by atoms with van der Waals surface area (Å²) < 4.78 is 6.33. The van der Waals surface area contributed by atoms with E-state index in [1.54, 1.807) is 6.20 Å². The molecule has 22 heavy (non-hydrogen) atoms. The monoisotopic (exact) mass is 307 g/mol. The van der Waals surface area contributed by atoms with Gasteiger partial charge in [0.05, 0.1) is 22.5 Å². The molecule has 4 aromatic rings. The second-order valence-electron chi connectivity index (χ2n) is 5.06. The first-order valence-electron chi connectivity index (χ1n) is 6.83. The van der Waals surface area contributed by atoms with E-state index >= 15 is 0 Å². The Bertz CT molecular complexity index is 955. The van der Waals surface area contributed by atoms with Crippen molar-refractivity contribution in [2.75, 3.05) is 5.73 Å². The van der Waals surface area contributed by atoms with E-state index in [0.29, 0.717) is 5.00 Å². The number of nitrogens with two attached hydrogens (primary N) is 1. The van der Waals surface area contributed by atoms with E-state index in [4.69, 9.17) is 5.73 Å². The molecule has 0 aliphatic heterocycles. The SMILES string of the molecule is Cn1cc2cc(-c3nsc(N)c3-c3ccccn3)ccc2n1. The number of aromatic nitrogens is 4. The molecule has 0 radical (unpaired) electrons. The minimum Gasteiger partial charge on any atom is -0.389 e. The lowest BCUT2D eigenvalue weighted by atomic mass is 10.0. The molecule has 0 spiro atoms. The fourth-order valence-corrected chi connectivity index (χ4v) is 3.23. The maximum absolute atomic E-state index is 6.13. The fourth-order valence-electron chi connectivity index (χ4n) is 2.55. The number of nitrogen functional groups attached to an aromatic ring is 1. The minimum absolute atomic E-state index is 0.681. The number of aryl methyl sites for hydroxylation is 1. The Balaban J connectivity index is 1.92. The van der Waals surface area contributed by atoms with E-state index < -0.39 is 0 Å². The van der Waals surface area contributed by atoms with Crippen LogP contribution in [0.1, 0.15) is 0 Å². The Morgan fingerprint density at radius 3 is 2.91 bits per heavy atom. The highest BCUT2D eigenvalue weighted by Crippen LogP contribution is 2.38. The molecule has 0 bridgehead atoms. The molecular weight excluding hydrogens is 294 g/mol. The fraction of sp³-hybridized carbons (Fsp3) is 0.0625. The number of fused-ring (bicyclic) bond motifs is 1. The van der Waals surface area contributed by atoms with Gasteiger partial charge in [0.25, 0.3) is 0 Å². The number of hydrogen-bond donors (Lipinski definition) is 1. The van der Waals surface area contributed by atoms with Crippen LogP contribution in [0.2, 0.25) is 0 Å². The molecule has 0 amide bonds. The third-order valence-electron chi connectivity index (χ3n) is 3.53. The maximum Gasteiger partial charge on any atom is 0.116 e. The average Bonchev–Trinajstić information content (AvgIpc) is 3.09. The third-order valence-corrected chi connectivity index (χ3v) is 4.21. The van der Waals surface area contributed by atoms with Crippen LogP contribution in [0.5, 0.6) is 0 Å². The zero-order valence-corrected chi connectivity index (χ0v) is 12.7. The molecule has 1 aromatic carbocycles. The van der Waals surface area contributed by atoms with Crippen LogP contribution in [-0.2, 0) is 7.05 Å². The van der Waals surface area contributed by atoms with Crippen molar-refractivity contribution in [1.29, 1.82) is 0 Å². The van der Waals surface area contributed by atoms with Crippen molar-refractivity contribution >= 4 is 27.4 Å². The van der Waals surface area contributed by atoms with Crippen molar-refractivity contribution < 1.29 is 0 Å². The molecule has 3 aromatic heterocycles. The average molecular weight is 307 g/mol. The Kier molecular flexibility index (Phi) is 2.90. The summed E-state index contributed by atoms with van der Waals surface area (Å²) in [6.45, 7) is 0. The maximum atomic E-state index is 6.13. The van der Waals surface area contributed by atoms with Gasteiger partial charge in [-0.1, -0.05) is 12.1 Å². The van der Waals surface area contributed by atoms with Crippen molar-refractivity contribution in [3.05, 3.63) is 48.8 Å². The van der Waals surface area contributed by atoms with Gasteiger partial charge in [-0.05, 0) is 35.8 Å². The number of nitrogens with zero attached hydrogens (tertiary/aromatic N) is 4. The van der Waals surface area contributed by atoms with Crippen LogP contribution in [-0.4, -0.2) is 19.1 Å². The van der Waals surface area contributed by atoms with Crippen molar-refractivity contribution in [1.82, 2.24) is 19.1 Å². The van der Waals surface area contributed by atoms with Gasteiger partial charge in [0, 0.05) is 30.4 Å². The standard InChI is InChI=1S/C16H13N5S/c1-21-9-11-8-10(5-6-12(11)19-21)15-14(16(17)22-20-15)13-4-2-3-7-18-13/h2-9H,17H2,1H3. The second-order valence-corrected chi connectivity index (χ2v) is 5.87. The molecule has 3 heterocycles. The summed E-state index contributed by atoms with van der Waals surface area (Å²) in [7, 11) is 1.92. The van der Waals surface area contributed by atoms with Gasteiger partial charge in [0.1, 0.15) is 5.00 Å². The molecule has 4 rings (SSSR count). The van der Waals surface area contributed by atoms with E-state index in [1.807, 2.05) is 48.3 Å². The van der Waals surface area contributed by atoms with Crippen LogP contribution in [0.4, 0.5) is 5.00 Å². The zero-order valence-electron chi connectivity index (χ0n) is 11.9. The highest BCUT2D eigenvalue weighted by Gasteiger charge is 2.16. The largest absolute Gasteiger partial charge is 0.389 e. The number of pyridine rings is 1. The number of anilines is 1. The summed E-state index contributed by atoms with van der Waals surface area (Å²) in [6, 6.07) is 11.9. The van der Waals surface area contributed by atoms with E-state index in [0.717, 1.165) is 33.4 Å². The number of benzene rings is 1. The van der Waals surface area contributed by atoms with E-state index in [2.05, 4.69) is 20.5 Å². The first-order valence-corrected chi connectivity index (χ1v) is 7.60. The highest BCUT2D eigenvalue weighted by molar-refractivity contribution is 7.11. The Morgan fingerprint density at radius 1 is 1.18 bits per heavy atom. The van der Waals surface area contributed by atoms with Crippen LogP contribution in [0.15, 0.2) is 48.8 Å². The van der Waals surface area contributed by atoms with Crippen molar-refractivity contribution in [2.24, 2.45) is 7.05 Å². The number of rotatable bonds is 2. The molecular formula is C16H13N5S. The van der Waals surface area contributed by atoms with Crippen LogP contribution in [0.3, 0.4) is 0 Å². The third kappa shape index (κ3) is 2.05. The summed E-state index contributed by atoms with van der Waals surface area (Å²) in [4.78, 5) is 4.40. The lowest BCUT2D eigenvalue weighted by Gasteiger charge is -2.03. The van der Waals surface area contributed by atoms with Crippen molar-refractivity contribution in [2.45, 2.75) is 0 Å². The first-order chi connectivity index (χ1) is 10.7. The predicted molar refractivity (Wildman–Crippen MR) is 89.5 cm³/mol. The van der Waals surface area contributed by atoms with Gasteiger partial charge in [-0.2, -0.15) is 9.47 Å². The normalized spacial score (nSPS) is 11.1. The molecule has 0 atom stereocenters. The Labute approximate surface area is 131 Å². The Hall–Kier alpha value is -2.73. The highest BCUT2D eigenvalue weighted by atomic mass is 32.1. The summed E-state index contributed by atoms with van der Waals surface area (Å²) in [6.07, 6.45) is 3.76. The van der Waals surface area contributed by atoms with Crippen LogP contribution >= 0.6 is 11.5 Å². The molecule has 0 aliphatic carbocycles. The van der Waals surface area contributed by atoms with Crippen molar-refractivity contribution in [3.63, 3.8) is 0 Å². The van der Waals surface area contributed by atoms with Gasteiger partial charge >= 0.3 is 0 Å². The van der Waals surface area contributed by atoms with Gasteiger partial charge in [-0.15, -0.1) is 0 Å². The van der Waals surface area contributed by atoms with E-state index in [-0.39, 0.29) is 0 Å². The quantitative estimate of drug-likeness (QED) is 0.616. The van der Waals surface area contributed by atoms with Crippen LogP contribution in [0.25, 0.3) is 33.4 Å². The molecule has 0 unspecified atom stereocenters. The van der Waals surface area contributed by atoms with Gasteiger partial charge in [-0.25, -0.2) is 0 Å². The summed E-state index contributed by atoms with van der Waals surface area (Å²) in [5.41, 5.74) is 10.7. The van der Waals surface area contributed by atoms with Gasteiger partial charge < -0.3 is 5.73 Å². The lowest BCUT2D eigenvalue weighted by Crippen LogP contribution is -1.89. The van der Waals surface area contributed by atoms with E-state index in [1.165, 1.54) is 11.5 Å².